The monoisotopic (exact) mass is 313 g/mol. The Labute approximate surface area is 121 Å². The minimum atomic E-state index is -3.89. The van der Waals surface area contributed by atoms with Crippen LogP contribution in [0.3, 0.4) is 0 Å². The molecule has 0 fully saturated rings. The van der Waals surface area contributed by atoms with Crippen LogP contribution in [0, 0.1) is 11.6 Å². The van der Waals surface area contributed by atoms with Crippen molar-refractivity contribution in [1.82, 2.24) is 0 Å². The molecule has 2 aromatic rings. The fourth-order valence-electron chi connectivity index (χ4n) is 1.82. The molecular formula is C14H13F2NO3S. The van der Waals surface area contributed by atoms with Crippen LogP contribution in [0.5, 0.6) is 0 Å². The Hall–Kier alpha value is -1.99. The molecule has 0 spiro atoms. The van der Waals surface area contributed by atoms with Crippen molar-refractivity contribution in [2.45, 2.75) is 12.4 Å². The lowest BCUT2D eigenvalue weighted by Gasteiger charge is -2.10. The van der Waals surface area contributed by atoms with Crippen molar-refractivity contribution in [2.24, 2.45) is 0 Å². The summed E-state index contributed by atoms with van der Waals surface area (Å²) in [5.74, 6) is -2.78. The van der Waals surface area contributed by atoms with Gasteiger partial charge in [-0.15, -0.1) is 0 Å². The van der Waals surface area contributed by atoms with E-state index < -0.39 is 33.1 Å². The second-order valence-electron chi connectivity index (χ2n) is 4.44. The van der Waals surface area contributed by atoms with Crippen molar-refractivity contribution >= 4 is 15.7 Å². The lowest BCUT2D eigenvalue weighted by Crippen LogP contribution is -2.16. The number of benzene rings is 2. The molecule has 2 rings (SSSR count). The molecule has 21 heavy (non-hydrogen) atoms. The largest absolute Gasteiger partial charge is 0.392 e. The van der Waals surface area contributed by atoms with Crippen LogP contribution in [0.4, 0.5) is 14.5 Å². The highest BCUT2D eigenvalue weighted by molar-refractivity contribution is 7.91. The molecule has 0 heterocycles. The van der Waals surface area contributed by atoms with Gasteiger partial charge >= 0.3 is 0 Å². The molecule has 0 unspecified atom stereocenters. The van der Waals surface area contributed by atoms with Gasteiger partial charge in [-0.3, -0.25) is 4.72 Å². The van der Waals surface area contributed by atoms with E-state index in [1.807, 2.05) is 4.72 Å². The van der Waals surface area contributed by atoms with Crippen LogP contribution in [0.15, 0.2) is 42.5 Å². The Morgan fingerprint density at radius 1 is 1.05 bits per heavy atom. The van der Waals surface area contributed by atoms with Crippen LogP contribution in [0.25, 0.3) is 0 Å². The molecule has 0 bridgehead atoms. The highest BCUT2D eigenvalue weighted by atomic mass is 32.2. The van der Waals surface area contributed by atoms with Crippen LogP contribution < -0.4 is 4.72 Å². The first-order chi connectivity index (χ1) is 9.91. The van der Waals surface area contributed by atoms with E-state index in [9.17, 15) is 17.2 Å². The third kappa shape index (κ3) is 3.99. The topological polar surface area (TPSA) is 66.4 Å². The molecule has 0 radical (unpaired) electrons. The first-order valence-corrected chi connectivity index (χ1v) is 7.70. The zero-order valence-corrected chi connectivity index (χ0v) is 11.7. The van der Waals surface area contributed by atoms with Gasteiger partial charge in [-0.2, -0.15) is 0 Å². The highest BCUT2D eigenvalue weighted by Crippen LogP contribution is 2.19. The van der Waals surface area contributed by atoms with Gasteiger partial charge in [0.15, 0.2) is 11.6 Å². The van der Waals surface area contributed by atoms with Crippen molar-refractivity contribution in [3.8, 4) is 0 Å². The van der Waals surface area contributed by atoms with Crippen molar-refractivity contribution in [2.75, 3.05) is 4.72 Å². The quantitative estimate of drug-likeness (QED) is 0.891. The number of halogens is 2. The average Bonchev–Trinajstić information content (AvgIpc) is 2.43. The first-order valence-electron chi connectivity index (χ1n) is 6.04. The molecular weight excluding hydrogens is 300 g/mol. The standard InChI is InChI=1S/C14H13F2NO3S/c15-12-5-2-6-13(14(12)16)17-21(19,20)9-11-4-1-3-10(7-11)8-18/h1-7,17-18H,8-9H2. The molecule has 0 saturated carbocycles. The van der Waals surface area contributed by atoms with E-state index in [-0.39, 0.29) is 6.61 Å². The maximum absolute atomic E-state index is 13.5. The third-order valence-corrected chi connectivity index (χ3v) is 3.99. The summed E-state index contributed by atoms with van der Waals surface area (Å²) in [5, 5.41) is 9.01. The summed E-state index contributed by atoms with van der Waals surface area (Å²) in [6.45, 7) is -0.208. The highest BCUT2D eigenvalue weighted by Gasteiger charge is 2.16. The van der Waals surface area contributed by atoms with Gasteiger partial charge in [0.1, 0.15) is 0 Å². The predicted octanol–water partition coefficient (Wildman–Crippen LogP) is 2.40. The normalized spacial score (nSPS) is 11.4. The lowest BCUT2D eigenvalue weighted by atomic mass is 10.1. The van der Waals surface area contributed by atoms with Crippen LogP contribution in [0.1, 0.15) is 11.1 Å². The minimum Gasteiger partial charge on any atom is -0.392 e. The SMILES string of the molecule is O=S(=O)(Cc1cccc(CO)c1)Nc1cccc(F)c1F. The van der Waals surface area contributed by atoms with Crippen molar-refractivity contribution in [3.05, 3.63) is 65.2 Å². The van der Waals surface area contributed by atoms with Gasteiger partial charge in [-0.1, -0.05) is 30.3 Å². The van der Waals surface area contributed by atoms with Gasteiger partial charge in [0.05, 0.1) is 18.0 Å². The predicted molar refractivity (Wildman–Crippen MR) is 75.0 cm³/mol. The van der Waals surface area contributed by atoms with Gasteiger partial charge in [0, 0.05) is 0 Å². The van der Waals surface area contributed by atoms with E-state index in [0.29, 0.717) is 11.1 Å². The fraction of sp³-hybridized carbons (Fsp3) is 0.143. The molecule has 2 N–H and O–H groups in total. The Morgan fingerprint density at radius 2 is 1.71 bits per heavy atom. The molecule has 0 aliphatic carbocycles. The number of nitrogens with one attached hydrogen (secondary N) is 1. The summed E-state index contributed by atoms with van der Waals surface area (Å²) in [6, 6.07) is 9.61. The number of hydrogen-bond donors (Lipinski definition) is 2. The second kappa shape index (κ2) is 6.19. The lowest BCUT2D eigenvalue weighted by molar-refractivity contribution is 0.282. The molecule has 0 aliphatic rings. The summed E-state index contributed by atoms with van der Waals surface area (Å²) < 4.78 is 52.4. The zero-order chi connectivity index (χ0) is 15.5. The Balaban J connectivity index is 2.20. The molecule has 0 atom stereocenters. The Bertz CT molecular complexity index is 748. The van der Waals surface area contributed by atoms with Gasteiger partial charge in [0.2, 0.25) is 10.0 Å². The van der Waals surface area contributed by atoms with Crippen LogP contribution in [-0.2, 0) is 22.4 Å². The minimum absolute atomic E-state index is 0.208. The van der Waals surface area contributed by atoms with Gasteiger partial charge in [0.25, 0.3) is 0 Å². The van der Waals surface area contributed by atoms with E-state index in [2.05, 4.69) is 0 Å². The third-order valence-electron chi connectivity index (χ3n) is 2.75. The average molecular weight is 313 g/mol. The Morgan fingerprint density at radius 3 is 2.43 bits per heavy atom. The van der Waals surface area contributed by atoms with E-state index in [1.54, 1.807) is 18.2 Å². The summed E-state index contributed by atoms with van der Waals surface area (Å²) >= 11 is 0. The number of hydrogen-bond acceptors (Lipinski definition) is 3. The first kappa shape index (κ1) is 15.4. The van der Waals surface area contributed by atoms with Gasteiger partial charge < -0.3 is 5.11 Å². The molecule has 112 valence electrons. The maximum Gasteiger partial charge on any atom is 0.237 e. The van der Waals surface area contributed by atoms with Gasteiger partial charge in [-0.05, 0) is 23.3 Å². The fourth-order valence-corrected chi connectivity index (χ4v) is 3.01. The molecule has 0 aromatic heterocycles. The van der Waals surface area contributed by atoms with Crippen LogP contribution >= 0.6 is 0 Å². The van der Waals surface area contributed by atoms with E-state index in [4.69, 9.17) is 5.11 Å². The van der Waals surface area contributed by atoms with E-state index >= 15 is 0 Å². The van der Waals surface area contributed by atoms with Crippen LogP contribution in [0.2, 0.25) is 0 Å². The van der Waals surface area contributed by atoms with Crippen molar-refractivity contribution < 1.29 is 22.3 Å². The summed E-state index contributed by atoms with van der Waals surface area (Å²) in [7, 11) is -3.89. The molecule has 4 nitrogen and oxygen atoms in total. The number of aliphatic hydroxyl groups is 1. The second-order valence-corrected chi connectivity index (χ2v) is 6.16. The van der Waals surface area contributed by atoms with E-state index in [1.165, 1.54) is 12.1 Å². The van der Waals surface area contributed by atoms with Gasteiger partial charge in [-0.25, -0.2) is 17.2 Å². The molecule has 2 aromatic carbocycles. The number of sulfonamides is 1. The number of rotatable bonds is 5. The Kier molecular flexibility index (Phi) is 4.54. The molecule has 0 amide bonds. The van der Waals surface area contributed by atoms with E-state index in [0.717, 1.165) is 12.1 Å². The number of aliphatic hydroxyl groups excluding tert-OH is 1. The van der Waals surface area contributed by atoms with Crippen LogP contribution in [-0.4, -0.2) is 13.5 Å². The molecule has 7 heteroatoms. The number of anilines is 1. The zero-order valence-electron chi connectivity index (χ0n) is 10.9. The summed E-state index contributed by atoms with van der Waals surface area (Å²) in [6.07, 6.45) is 0. The smallest absolute Gasteiger partial charge is 0.237 e. The van der Waals surface area contributed by atoms with Crippen molar-refractivity contribution in [1.29, 1.82) is 0 Å². The maximum atomic E-state index is 13.5. The summed E-state index contributed by atoms with van der Waals surface area (Å²) in [5.41, 5.74) is 0.568. The molecule has 0 saturated heterocycles. The van der Waals surface area contributed by atoms with Crippen molar-refractivity contribution in [3.63, 3.8) is 0 Å². The summed E-state index contributed by atoms with van der Waals surface area (Å²) in [4.78, 5) is 0. The molecule has 0 aliphatic heterocycles.